The molecule has 0 spiro atoms. The quantitative estimate of drug-likeness (QED) is 0.857. The highest BCUT2D eigenvalue weighted by atomic mass is 16.4. The molecule has 1 aromatic carbocycles. The third kappa shape index (κ3) is 2.43. The summed E-state index contributed by atoms with van der Waals surface area (Å²) < 4.78 is 0. The van der Waals surface area contributed by atoms with Crippen LogP contribution in [0.15, 0.2) is 12.1 Å². The summed E-state index contributed by atoms with van der Waals surface area (Å²) in [5, 5.41) is 9.38. The van der Waals surface area contributed by atoms with Crippen molar-refractivity contribution < 1.29 is 9.90 Å². The van der Waals surface area contributed by atoms with Gasteiger partial charge >= 0.3 is 5.97 Å². The molecule has 0 saturated heterocycles. The van der Waals surface area contributed by atoms with E-state index in [1.165, 1.54) is 22.3 Å². The number of rotatable bonds is 2. The Morgan fingerprint density at radius 1 is 1.06 bits per heavy atom. The molecule has 98 valence electrons. The van der Waals surface area contributed by atoms with E-state index in [2.05, 4.69) is 32.9 Å². The Labute approximate surface area is 109 Å². The SMILES string of the molecule is Cc1cc(C)c(C2CCCCC2C(=O)O)cc1C. The number of hydrogen-bond donors (Lipinski definition) is 1. The van der Waals surface area contributed by atoms with E-state index in [1.54, 1.807) is 0 Å². The minimum atomic E-state index is -0.627. The molecule has 0 amide bonds. The first-order valence-corrected chi connectivity index (χ1v) is 6.81. The minimum Gasteiger partial charge on any atom is -0.481 e. The molecule has 0 aromatic heterocycles. The molecule has 1 aromatic rings. The predicted octanol–water partition coefficient (Wildman–Crippen LogP) is 3.97. The van der Waals surface area contributed by atoms with Gasteiger partial charge in [-0.05, 0) is 61.8 Å². The maximum Gasteiger partial charge on any atom is 0.307 e. The second-order valence-corrected chi connectivity index (χ2v) is 5.63. The van der Waals surface area contributed by atoms with Gasteiger partial charge in [0.15, 0.2) is 0 Å². The Hall–Kier alpha value is -1.31. The molecule has 1 saturated carbocycles. The van der Waals surface area contributed by atoms with E-state index in [0.29, 0.717) is 0 Å². The van der Waals surface area contributed by atoms with E-state index < -0.39 is 5.97 Å². The monoisotopic (exact) mass is 246 g/mol. The van der Waals surface area contributed by atoms with Crippen molar-refractivity contribution in [3.63, 3.8) is 0 Å². The molecule has 0 heterocycles. The first-order chi connectivity index (χ1) is 8.50. The van der Waals surface area contributed by atoms with Crippen LogP contribution in [0.4, 0.5) is 0 Å². The lowest BCUT2D eigenvalue weighted by molar-refractivity contribution is -0.143. The Balaban J connectivity index is 2.39. The lowest BCUT2D eigenvalue weighted by Gasteiger charge is -2.30. The van der Waals surface area contributed by atoms with Crippen LogP contribution >= 0.6 is 0 Å². The molecule has 2 rings (SSSR count). The summed E-state index contributed by atoms with van der Waals surface area (Å²) in [6.07, 6.45) is 4.05. The van der Waals surface area contributed by atoms with Crippen LogP contribution in [0.5, 0.6) is 0 Å². The van der Waals surface area contributed by atoms with Gasteiger partial charge in [-0.15, -0.1) is 0 Å². The number of aliphatic carboxylic acids is 1. The van der Waals surface area contributed by atoms with Crippen molar-refractivity contribution in [3.05, 3.63) is 34.4 Å². The fraction of sp³-hybridized carbons (Fsp3) is 0.562. The van der Waals surface area contributed by atoms with E-state index >= 15 is 0 Å². The van der Waals surface area contributed by atoms with Crippen LogP contribution < -0.4 is 0 Å². The number of carbonyl (C=O) groups is 1. The Morgan fingerprint density at radius 2 is 1.67 bits per heavy atom. The fourth-order valence-corrected chi connectivity index (χ4v) is 3.18. The van der Waals surface area contributed by atoms with E-state index in [0.717, 1.165) is 25.7 Å². The van der Waals surface area contributed by atoms with Gasteiger partial charge in [0.2, 0.25) is 0 Å². The number of carboxylic acids is 1. The second-order valence-electron chi connectivity index (χ2n) is 5.63. The number of hydrogen-bond acceptors (Lipinski definition) is 1. The van der Waals surface area contributed by atoms with Crippen LogP contribution in [0.3, 0.4) is 0 Å². The van der Waals surface area contributed by atoms with Gasteiger partial charge < -0.3 is 5.11 Å². The van der Waals surface area contributed by atoms with Crippen molar-refractivity contribution in [2.75, 3.05) is 0 Å². The molecule has 2 nitrogen and oxygen atoms in total. The van der Waals surface area contributed by atoms with Crippen molar-refractivity contribution in [2.45, 2.75) is 52.4 Å². The van der Waals surface area contributed by atoms with Gasteiger partial charge in [0.05, 0.1) is 5.92 Å². The number of benzene rings is 1. The maximum atomic E-state index is 11.4. The largest absolute Gasteiger partial charge is 0.481 e. The Bertz CT molecular complexity index is 462. The van der Waals surface area contributed by atoms with E-state index in [1.807, 2.05) is 0 Å². The van der Waals surface area contributed by atoms with Crippen LogP contribution in [-0.2, 0) is 4.79 Å². The topological polar surface area (TPSA) is 37.3 Å². The zero-order valence-electron chi connectivity index (χ0n) is 11.5. The third-order valence-electron chi connectivity index (χ3n) is 4.36. The average Bonchev–Trinajstić information content (AvgIpc) is 2.34. The second kappa shape index (κ2) is 5.13. The van der Waals surface area contributed by atoms with Gasteiger partial charge in [-0.1, -0.05) is 25.0 Å². The van der Waals surface area contributed by atoms with E-state index in [9.17, 15) is 9.90 Å². The van der Waals surface area contributed by atoms with Crippen LogP contribution in [0.1, 0.15) is 53.9 Å². The summed E-state index contributed by atoms with van der Waals surface area (Å²) in [7, 11) is 0. The molecule has 1 N–H and O–H groups in total. The molecule has 0 radical (unpaired) electrons. The molecule has 18 heavy (non-hydrogen) atoms. The smallest absolute Gasteiger partial charge is 0.307 e. The molecule has 1 aliphatic carbocycles. The zero-order valence-corrected chi connectivity index (χ0v) is 11.5. The van der Waals surface area contributed by atoms with E-state index in [4.69, 9.17) is 0 Å². The number of aryl methyl sites for hydroxylation is 3. The van der Waals surface area contributed by atoms with Crippen LogP contribution in [0.2, 0.25) is 0 Å². The molecule has 0 bridgehead atoms. The molecule has 0 aliphatic heterocycles. The molecular formula is C16H22O2. The van der Waals surface area contributed by atoms with Crippen molar-refractivity contribution in [3.8, 4) is 0 Å². The van der Waals surface area contributed by atoms with Crippen molar-refractivity contribution in [2.24, 2.45) is 5.92 Å². The van der Waals surface area contributed by atoms with Crippen molar-refractivity contribution >= 4 is 5.97 Å². The zero-order chi connectivity index (χ0) is 13.3. The molecule has 1 aliphatic rings. The van der Waals surface area contributed by atoms with Crippen molar-refractivity contribution in [1.82, 2.24) is 0 Å². The van der Waals surface area contributed by atoms with Gasteiger partial charge in [-0.3, -0.25) is 4.79 Å². The molecular weight excluding hydrogens is 224 g/mol. The van der Waals surface area contributed by atoms with Gasteiger partial charge in [0.1, 0.15) is 0 Å². The molecule has 2 heteroatoms. The minimum absolute atomic E-state index is 0.195. The van der Waals surface area contributed by atoms with Gasteiger partial charge in [0, 0.05) is 0 Å². The summed E-state index contributed by atoms with van der Waals surface area (Å²) in [4.78, 5) is 11.4. The first-order valence-electron chi connectivity index (χ1n) is 6.81. The lowest BCUT2D eigenvalue weighted by Crippen LogP contribution is -2.26. The fourth-order valence-electron chi connectivity index (χ4n) is 3.18. The van der Waals surface area contributed by atoms with E-state index in [-0.39, 0.29) is 11.8 Å². The normalized spacial score (nSPS) is 23.9. The summed E-state index contributed by atoms with van der Waals surface area (Å²) in [5.74, 6) is -0.618. The molecule has 2 atom stereocenters. The molecule has 2 unspecified atom stereocenters. The summed E-state index contributed by atoms with van der Waals surface area (Å²) in [6, 6.07) is 4.40. The van der Waals surface area contributed by atoms with Crippen LogP contribution in [0.25, 0.3) is 0 Å². The summed E-state index contributed by atoms with van der Waals surface area (Å²) in [5.41, 5.74) is 5.06. The Morgan fingerprint density at radius 3 is 2.33 bits per heavy atom. The summed E-state index contributed by atoms with van der Waals surface area (Å²) >= 11 is 0. The predicted molar refractivity (Wildman–Crippen MR) is 73.0 cm³/mol. The highest BCUT2D eigenvalue weighted by Crippen LogP contribution is 2.39. The highest BCUT2D eigenvalue weighted by Gasteiger charge is 2.32. The molecule has 1 fully saturated rings. The standard InChI is InChI=1S/C16H22O2/c1-10-8-12(3)15(9-11(10)2)13-6-4-5-7-14(13)16(17)18/h8-9,13-14H,4-7H2,1-3H3,(H,17,18). The Kier molecular flexibility index (Phi) is 3.74. The van der Waals surface area contributed by atoms with Crippen molar-refractivity contribution in [1.29, 1.82) is 0 Å². The number of carboxylic acid groups (broad SMARTS) is 1. The van der Waals surface area contributed by atoms with Crippen LogP contribution in [-0.4, -0.2) is 11.1 Å². The van der Waals surface area contributed by atoms with Crippen LogP contribution in [0, 0.1) is 26.7 Å². The highest BCUT2D eigenvalue weighted by molar-refractivity contribution is 5.71. The third-order valence-corrected chi connectivity index (χ3v) is 4.36. The van der Waals surface area contributed by atoms with Gasteiger partial charge in [-0.2, -0.15) is 0 Å². The average molecular weight is 246 g/mol. The van der Waals surface area contributed by atoms with Gasteiger partial charge in [0.25, 0.3) is 0 Å². The lowest BCUT2D eigenvalue weighted by atomic mass is 9.74. The first kappa shape index (κ1) is 13.1. The maximum absolute atomic E-state index is 11.4. The summed E-state index contributed by atoms with van der Waals surface area (Å²) in [6.45, 7) is 6.33. The van der Waals surface area contributed by atoms with Gasteiger partial charge in [-0.25, -0.2) is 0 Å².